The molecule has 0 unspecified atom stereocenters. The van der Waals surface area contributed by atoms with Crippen LogP contribution in [-0.2, 0) is 21.0 Å². The van der Waals surface area contributed by atoms with Crippen molar-refractivity contribution in [3.05, 3.63) is 77.9 Å². The van der Waals surface area contributed by atoms with Crippen LogP contribution in [0.1, 0.15) is 11.1 Å². The average Bonchev–Trinajstić information content (AvgIpc) is 2.78. The summed E-state index contributed by atoms with van der Waals surface area (Å²) in [5, 5.41) is 2.44. The van der Waals surface area contributed by atoms with Crippen molar-refractivity contribution < 1.29 is 35.9 Å². The van der Waals surface area contributed by atoms with Crippen LogP contribution < -0.4 is 19.5 Å². The number of ether oxygens (including phenoxy) is 2. The molecule has 0 spiro atoms. The summed E-state index contributed by atoms with van der Waals surface area (Å²) >= 11 is 0. The van der Waals surface area contributed by atoms with Crippen molar-refractivity contribution >= 4 is 27.3 Å². The van der Waals surface area contributed by atoms with E-state index in [1.54, 1.807) is 31.2 Å². The molecule has 7 nitrogen and oxygen atoms in total. The number of nitrogens with one attached hydrogen (secondary N) is 2. The molecule has 0 fully saturated rings. The summed E-state index contributed by atoms with van der Waals surface area (Å²) in [5.41, 5.74) is 0.192. The van der Waals surface area contributed by atoms with Gasteiger partial charge in [-0.15, -0.1) is 0 Å². The highest BCUT2D eigenvalue weighted by Gasteiger charge is 2.30. The Morgan fingerprint density at radius 2 is 1.56 bits per heavy atom. The van der Waals surface area contributed by atoms with E-state index in [2.05, 4.69) is 10.0 Å². The van der Waals surface area contributed by atoms with Crippen LogP contribution in [0.25, 0.3) is 0 Å². The van der Waals surface area contributed by atoms with Crippen LogP contribution in [0.2, 0.25) is 0 Å². The molecule has 1 amide bonds. The number of hydrogen-bond acceptors (Lipinski definition) is 5. The van der Waals surface area contributed by atoms with E-state index in [0.29, 0.717) is 17.0 Å². The minimum atomic E-state index is -4.47. The van der Waals surface area contributed by atoms with Gasteiger partial charge in [-0.2, -0.15) is 13.2 Å². The van der Waals surface area contributed by atoms with E-state index in [1.165, 1.54) is 25.3 Å². The highest BCUT2D eigenvalue weighted by molar-refractivity contribution is 7.92. The lowest BCUT2D eigenvalue weighted by molar-refractivity contribution is -0.137. The normalized spacial score (nSPS) is 11.6. The smallest absolute Gasteiger partial charge is 0.416 e. The fraction of sp³-hybridized carbons (Fsp3) is 0.174. The SMILES string of the molecule is COc1ccc(NS(=O)(=O)c2ccc(OCC(=O)Nc3ccc(C(F)(F)F)cc3)c(C)c2)cc1. The Bertz CT molecular complexity index is 1260. The van der Waals surface area contributed by atoms with Gasteiger partial charge in [-0.05, 0) is 79.2 Å². The number of halogens is 3. The van der Waals surface area contributed by atoms with Gasteiger partial charge in [0, 0.05) is 11.4 Å². The molecule has 0 aromatic heterocycles. The van der Waals surface area contributed by atoms with Crippen molar-refractivity contribution in [1.29, 1.82) is 0 Å². The first kappa shape index (κ1) is 24.9. The molecule has 0 bridgehead atoms. The first-order valence-corrected chi connectivity index (χ1v) is 11.3. The summed E-state index contributed by atoms with van der Waals surface area (Å²) in [6, 6.07) is 14.5. The third-order valence-electron chi connectivity index (χ3n) is 4.65. The highest BCUT2D eigenvalue weighted by Crippen LogP contribution is 2.30. The first-order chi connectivity index (χ1) is 16.0. The number of hydrogen-bond donors (Lipinski definition) is 2. The van der Waals surface area contributed by atoms with E-state index in [-0.39, 0.29) is 16.3 Å². The predicted molar refractivity (Wildman–Crippen MR) is 121 cm³/mol. The van der Waals surface area contributed by atoms with Gasteiger partial charge in [0.1, 0.15) is 11.5 Å². The molecule has 0 aliphatic heterocycles. The number of benzene rings is 3. The van der Waals surface area contributed by atoms with Crippen LogP contribution in [0, 0.1) is 6.92 Å². The molecule has 180 valence electrons. The van der Waals surface area contributed by atoms with Gasteiger partial charge in [0.15, 0.2) is 6.61 Å². The van der Waals surface area contributed by atoms with Crippen molar-refractivity contribution in [3.8, 4) is 11.5 Å². The molecule has 0 saturated carbocycles. The van der Waals surface area contributed by atoms with Crippen molar-refractivity contribution in [1.82, 2.24) is 0 Å². The van der Waals surface area contributed by atoms with Crippen LogP contribution in [0.4, 0.5) is 24.5 Å². The van der Waals surface area contributed by atoms with Gasteiger partial charge in [0.05, 0.1) is 17.6 Å². The van der Waals surface area contributed by atoms with E-state index in [0.717, 1.165) is 24.3 Å². The largest absolute Gasteiger partial charge is 0.497 e. The summed E-state index contributed by atoms with van der Waals surface area (Å²) in [7, 11) is -2.36. The second-order valence-electron chi connectivity index (χ2n) is 7.17. The lowest BCUT2D eigenvalue weighted by atomic mass is 10.2. The maximum atomic E-state index is 12.7. The number of sulfonamides is 1. The zero-order valence-electron chi connectivity index (χ0n) is 18.1. The Morgan fingerprint density at radius 3 is 2.12 bits per heavy atom. The number of alkyl halides is 3. The standard InChI is InChI=1S/C23H21F3N2O5S/c1-15-13-20(34(30,31)28-18-7-9-19(32-2)10-8-18)11-12-21(15)33-14-22(29)27-17-5-3-16(4-6-17)23(24,25)26/h3-13,28H,14H2,1-2H3,(H,27,29). The topological polar surface area (TPSA) is 93.7 Å². The molecule has 0 aliphatic rings. The number of carbonyl (C=O) groups excluding carboxylic acids is 1. The molecule has 2 N–H and O–H groups in total. The van der Waals surface area contributed by atoms with E-state index < -0.39 is 34.3 Å². The van der Waals surface area contributed by atoms with Crippen LogP contribution in [0.3, 0.4) is 0 Å². The van der Waals surface area contributed by atoms with Crippen LogP contribution in [0.5, 0.6) is 11.5 Å². The zero-order chi connectivity index (χ0) is 24.9. The average molecular weight is 494 g/mol. The molecule has 3 rings (SSSR count). The summed E-state index contributed by atoms with van der Waals surface area (Å²) in [6.45, 7) is 1.20. The third kappa shape index (κ3) is 6.41. The van der Waals surface area contributed by atoms with Crippen molar-refractivity contribution in [3.63, 3.8) is 0 Å². The van der Waals surface area contributed by atoms with Gasteiger partial charge in [0.2, 0.25) is 0 Å². The number of anilines is 2. The molecule has 0 aliphatic carbocycles. The van der Waals surface area contributed by atoms with E-state index in [1.807, 2.05) is 0 Å². The summed E-state index contributed by atoms with van der Waals surface area (Å²) in [5.74, 6) is 0.283. The van der Waals surface area contributed by atoms with Gasteiger partial charge in [-0.25, -0.2) is 8.42 Å². The first-order valence-electron chi connectivity index (χ1n) is 9.85. The van der Waals surface area contributed by atoms with Crippen LogP contribution in [0.15, 0.2) is 71.6 Å². The van der Waals surface area contributed by atoms with Crippen LogP contribution >= 0.6 is 0 Å². The summed E-state index contributed by atoms with van der Waals surface area (Å²) in [4.78, 5) is 12.1. The number of carbonyl (C=O) groups is 1. The zero-order valence-corrected chi connectivity index (χ0v) is 19.0. The van der Waals surface area contributed by atoms with Crippen molar-refractivity contribution in [2.75, 3.05) is 23.8 Å². The summed E-state index contributed by atoms with van der Waals surface area (Å²) in [6.07, 6.45) is -4.47. The molecule has 0 heterocycles. The van der Waals surface area contributed by atoms with Crippen molar-refractivity contribution in [2.45, 2.75) is 18.0 Å². The van der Waals surface area contributed by atoms with E-state index in [4.69, 9.17) is 9.47 Å². The maximum absolute atomic E-state index is 12.7. The lowest BCUT2D eigenvalue weighted by Gasteiger charge is -2.13. The van der Waals surface area contributed by atoms with Gasteiger partial charge in [0.25, 0.3) is 15.9 Å². The van der Waals surface area contributed by atoms with Crippen molar-refractivity contribution in [2.24, 2.45) is 0 Å². The monoisotopic (exact) mass is 494 g/mol. The molecule has 3 aromatic carbocycles. The molecular formula is C23H21F3N2O5S. The highest BCUT2D eigenvalue weighted by atomic mass is 32.2. The van der Waals surface area contributed by atoms with E-state index >= 15 is 0 Å². The van der Waals surface area contributed by atoms with Gasteiger partial charge in [-0.1, -0.05) is 0 Å². The van der Waals surface area contributed by atoms with Gasteiger partial charge < -0.3 is 14.8 Å². The molecule has 11 heteroatoms. The Hall–Kier alpha value is -3.73. The van der Waals surface area contributed by atoms with Crippen LogP contribution in [-0.4, -0.2) is 28.0 Å². The number of amides is 1. The second-order valence-corrected chi connectivity index (χ2v) is 8.86. The molecule has 0 atom stereocenters. The molecule has 0 saturated heterocycles. The quantitative estimate of drug-likeness (QED) is 0.468. The number of rotatable bonds is 8. The second kappa shape index (κ2) is 10.0. The Morgan fingerprint density at radius 1 is 0.941 bits per heavy atom. The lowest BCUT2D eigenvalue weighted by Crippen LogP contribution is -2.20. The summed E-state index contributed by atoms with van der Waals surface area (Å²) < 4.78 is 76.1. The fourth-order valence-electron chi connectivity index (χ4n) is 2.91. The molecular weight excluding hydrogens is 473 g/mol. The number of aryl methyl sites for hydroxylation is 1. The third-order valence-corrected chi connectivity index (χ3v) is 6.03. The molecule has 34 heavy (non-hydrogen) atoms. The van der Waals surface area contributed by atoms with E-state index in [9.17, 15) is 26.4 Å². The minimum absolute atomic E-state index is 0.00220. The number of methoxy groups -OCH3 is 1. The molecule has 0 radical (unpaired) electrons. The predicted octanol–water partition coefficient (Wildman–Crippen LogP) is 4.84. The molecule has 3 aromatic rings. The Kier molecular flexibility index (Phi) is 7.35. The maximum Gasteiger partial charge on any atom is 0.416 e. The fourth-order valence-corrected chi connectivity index (χ4v) is 4.05. The minimum Gasteiger partial charge on any atom is -0.497 e. The van der Waals surface area contributed by atoms with Gasteiger partial charge >= 0.3 is 6.18 Å². The Labute approximate surface area is 194 Å². The van der Waals surface area contributed by atoms with Gasteiger partial charge in [-0.3, -0.25) is 9.52 Å². The Balaban J connectivity index is 1.60.